The van der Waals surface area contributed by atoms with Crippen LogP contribution in [0.1, 0.15) is 16.7 Å². The molecule has 0 radical (unpaired) electrons. The second-order valence-corrected chi connectivity index (χ2v) is 9.52. The van der Waals surface area contributed by atoms with Gasteiger partial charge in [-0.1, -0.05) is 111 Å². The van der Waals surface area contributed by atoms with Crippen LogP contribution >= 0.6 is 0 Å². The minimum absolute atomic E-state index is 0.318. The molecule has 0 aliphatic carbocycles. The number of aliphatic hydroxyl groups excluding tert-OH is 3. The van der Waals surface area contributed by atoms with E-state index in [0.29, 0.717) is 16.4 Å². The molecular formula is C30H35B3O9. The third-order valence-corrected chi connectivity index (χ3v) is 6.66. The Balaban J connectivity index is 1.91. The average Bonchev–Trinajstić information content (AvgIpc) is 3.04. The van der Waals surface area contributed by atoms with Crippen LogP contribution in [0.5, 0.6) is 0 Å². The summed E-state index contributed by atoms with van der Waals surface area (Å²) >= 11 is 0. The van der Waals surface area contributed by atoms with Crippen LogP contribution in [0.15, 0.2) is 92.5 Å². The molecule has 0 amide bonds. The average molecular weight is 572 g/mol. The first kappa shape index (κ1) is 33.2. The van der Waals surface area contributed by atoms with Gasteiger partial charge in [0.05, 0.1) is 25.4 Å². The first-order valence-electron chi connectivity index (χ1n) is 13.3. The Kier molecular flexibility index (Phi) is 13.0. The highest BCUT2D eigenvalue weighted by Crippen LogP contribution is 2.16. The van der Waals surface area contributed by atoms with Gasteiger partial charge in [-0.05, 0) is 33.1 Å². The molecule has 9 nitrogen and oxygen atoms in total. The molecule has 4 atom stereocenters. The van der Waals surface area contributed by atoms with Crippen LogP contribution in [0.25, 0.3) is 18.2 Å². The van der Waals surface area contributed by atoms with Crippen LogP contribution in [0, 0.1) is 0 Å². The number of rotatable bonds is 17. The number of hydrogen-bond acceptors (Lipinski definition) is 9. The third kappa shape index (κ3) is 9.11. The predicted molar refractivity (Wildman–Crippen MR) is 167 cm³/mol. The van der Waals surface area contributed by atoms with Crippen molar-refractivity contribution in [2.24, 2.45) is 0 Å². The highest BCUT2D eigenvalue weighted by atomic mass is 16.6. The minimum atomic E-state index is -1.80. The van der Waals surface area contributed by atoms with Crippen molar-refractivity contribution < 1.29 is 44.4 Å². The van der Waals surface area contributed by atoms with Gasteiger partial charge in [-0.2, -0.15) is 0 Å². The summed E-state index contributed by atoms with van der Waals surface area (Å²) in [7, 11) is -4.60. The summed E-state index contributed by atoms with van der Waals surface area (Å²) in [6, 6.07) is 20.0. The van der Waals surface area contributed by atoms with Crippen molar-refractivity contribution in [3.63, 3.8) is 0 Å². The van der Waals surface area contributed by atoms with Crippen LogP contribution in [0.3, 0.4) is 0 Å². The fraction of sp³-hybridized carbons (Fsp3) is 0.200. The fourth-order valence-electron chi connectivity index (χ4n) is 4.07. The van der Waals surface area contributed by atoms with E-state index < -0.39 is 59.0 Å². The molecule has 0 unspecified atom stereocenters. The van der Waals surface area contributed by atoms with Crippen LogP contribution in [-0.4, -0.2) is 89.4 Å². The normalized spacial score (nSPS) is 13.9. The lowest BCUT2D eigenvalue weighted by molar-refractivity contribution is -0.113. The van der Waals surface area contributed by atoms with Crippen molar-refractivity contribution in [3.05, 3.63) is 109 Å². The summed E-state index contributed by atoms with van der Waals surface area (Å²) in [5.74, 6) is 0. The van der Waals surface area contributed by atoms with Crippen molar-refractivity contribution in [3.8, 4) is 0 Å². The maximum Gasteiger partial charge on any atom is 0.491 e. The van der Waals surface area contributed by atoms with E-state index in [4.69, 9.17) is 14.0 Å². The maximum absolute atomic E-state index is 11.0. The molecule has 6 N–H and O–H groups in total. The Morgan fingerprint density at radius 3 is 1.38 bits per heavy atom. The van der Waals surface area contributed by atoms with Crippen LogP contribution in [0.2, 0.25) is 0 Å². The monoisotopic (exact) mass is 572 g/mol. The van der Waals surface area contributed by atoms with Crippen molar-refractivity contribution in [1.29, 1.82) is 0 Å². The third-order valence-electron chi connectivity index (χ3n) is 6.66. The second kappa shape index (κ2) is 16.4. The SMILES string of the molecule is C=Cc1ccc(B(O)OC[C@@H](OB(O)c2ccc(C=C)cc2)[C@@H](OB(O)c2ccc(C=C)cc2)[C@H](O)[C@H](O)CO)cc1. The van der Waals surface area contributed by atoms with Crippen LogP contribution in [-0.2, 0) is 14.0 Å². The van der Waals surface area contributed by atoms with Crippen LogP contribution < -0.4 is 16.4 Å². The summed E-state index contributed by atoms with van der Waals surface area (Å²) in [5, 5.41) is 63.3. The van der Waals surface area contributed by atoms with Gasteiger partial charge in [-0.25, -0.2) is 0 Å². The molecule has 0 saturated carbocycles. The van der Waals surface area contributed by atoms with E-state index >= 15 is 0 Å². The lowest BCUT2D eigenvalue weighted by Crippen LogP contribution is -2.56. The lowest BCUT2D eigenvalue weighted by atomic mass is 9.77. The van der Waals surface area contributed by atoms with Crippen molar-refractivity contribution in [2.75, 3.05) is 13.2 Å². The molecule has 218 valence electrons. The second-order valence-electron chi connectivity index (χ2n) is 9.52. The van der Waals surface area contributed by atoms with Gasteiger partial charge in [0.15, 0.2) is 0 Å². The first-order valence-corrected chi connectivity index (χ1v) is 13.3. The Bertz CT molecular complexity index is 1270. The minimum Gasteiger partial charge on any atom is -0.423 e. The predicted octanol–water partition coefficient (Wildman–Crippen LogP) is -0.420. The summed E-state index contributed by atoms with van der Waals surface area (Å²) in [6.45, 7) is 9.80. The van der Waals surface area contributed by atoms with E-state index in [9.17, 15) is 30.4 Å². The number of benzene rings is 3. The van der Waals surface area contributed by atoms with E-state index in [1.807, 2.05) is 0 Å². The quantitative estimate of drug-likeness (QED) is 0.119. The standard InChI is InChI=1S/C30H35B3O9/c1-4-21-7-13-24(14-8-21)31(37)40-20-28(41-32(38)25-15-9-22(5-2)10-16-25)30(29(36)27(35)19-34)42-33(39)26-17-11-23(6-3)12-18-26/h4-18,27-30,34-39H,1-3,19-20H2/t27-,28-,29-,30-/m1/s1. The van der Waals surface area contributed by atoms with Crippen LogP contribution in [0.4, 0.5) is 0 Å². The van der Waals surface area contributed by atoms with E-state index in [0.717, 1.165) is 16.7 Å². The molecule has 0 aliphatic rings. The molecule has 0 aliphatic heterocycles. The number of aliphatic hydroxyl groups is 3. The van der Waals surface area contributed by atoms with E-state index in [-0.39, 0.29) is 0 Å². The number of hydrogen-bond donors (Lipinski definition) is 6. The summed E-state index contributed by atoms with van der Waals surface area (Å²) in [6.07, 6.45) is -1.52. The van der Waals surface area contributed by atoms with Crippen molar-refractivity contribution in [2.45, 2.75) is 24.4 Å². The Labute approximate surface area is 247 Å². The zero-order valence-corrected chi connectivity index (χ0v) is 23.1. The van der Waals surface area contributed by atoms with Gasteiger partial charge in [0.25, 0.3) is 0 Å². The zero-order chi connectivity index (χ0) is 30.6. The largest absolute Gasteiger partial charge is 0.491 e. The van der Waals surface area contributed by atoms with Crippen molar-refractivity contribution >= 4 is 56.0 Å². The highest BCUT2D eigenvalue weighted by molar-refractivity contribution is 6.61. The van der Waals surface area contributed by atoms with Gasteiger partial charge in [-0.3, -0.25) is 0 Å². The highest BCUT2D eigenvalue weighted by Gasteiger charge is 2.40. The lowest BCUT2D eigenvalue weighted by Gasteiger charge is -2.35. The topological polar surface area (TPSA) is 149 Å². The smallest absolute Gasteiger partial charge is 0.423 e. The molecule has 0 heterocycles. The molecule has 3 aromatic carbocycles. The summed E-state index contributed by atoms with van der Waals surface area (Å²) in [5.41, 5.74) is 3.53. The molecule has 0 aromatic heterocycles. The Morgan fingerprint density at radius 1 is 0.619 bits per heavy atom. The molecule has 0 spiro atoms. The van der Waals surface area contributed by atoms with Gasteiger partial charge in [-0.15, -0.1) is 0 Å². The van der Waals surface area contributed by atoms with Gasteiger partial charge in [0, 0.05) is 0 Å². The maximum atomic E-state index is 11.0. The van der Waals surface area contributed by atoms with E-state index in [1.54, 1.807) is 91.0 Å². The van der Waals surface area contributed by atoms with Gasteiger partial charge < -0.3 is 44.4 Å². The molecule has 3 aromatic rings. The van der Waals surface area contributed by atoms with E-state index in [2.05, 4.69) is 19.7 Å². The molecule has 3 rings (SSSR count). The molecule has 0 bridgehead atoms. The first-order chi connectivity index (χ1) is 20.2. The summed E-state index contributed by atoms with van der Waals surface area (Å²) in [4.78, 5) is 0. The van der Waals surface area contributed by atoms with Gasteiger partial charge in [0.2, 0.25) is 0 Å². The summed E-state index contributed by atoms with van der Waals surface area (Å²) < 4.78 is 17.3. The van der Waals surface area contributed by atoms with Gasteiger partial charge >= 0.3 is 21.4 Å². The Hall–Kier alpha value is -3.29. The molecular weight excluding hydrogens is 537 g/mol. The molecule has 12 heteroatoms. The Morgan fingerprint density at radius 2 is 1.00 bits per heavy atom. The van der Waals surface area contributed by atoms with E-state index in [1.165, 1.54) is 0 Å². The molecule has 0 saturated heterocycles. The van der Waals surface area contributed by atoms with Gasteiger partial charge in [0.1, 0.15) is 12.2 Å². The molecule has 0 fully saturated rings. The fourth-order valence-corrected chi connectivity index (χ4v) is 4.07. The molecule has 42 heavy (non-hydrogen) atoms. The van der Waals surface area contributed by atoms with Crippen molar-refractivity contribution in [1.82, 2.24) is 0 Å². The zero-order valence-electron chi connectivity index (χ0n) is 23.1.